The Morgan fingerprint density at radius 2 is 2.15 bits per heavy atom. The molecule has 0 aromatic carbocycles. The third-order valence-electron chi connectivity index (χ3n) is 1.60. The van der Waals surface area contributed by atoms with Crippen molar-refractivity contribution in [1.82, 2.24) is 15.5 Å². The largest absolute Gasteiger partial charge is 0.382 e. The molecule has 0 atom stereocenters. The van der Waals surface area contributed by atoms with Gasteiger partial charge in [0.1, 0.15) is 5.82 Å². The lowest BCUT2D eigenvalue weighted by Crippen LogP contribution is -2.19. The molecule has 4 heteroatoms. The van der Waals surface area contributed by atoms with Crippen LogP contribution < -0.4 is 11.1 Å². The lowest BCUT2D eigenvalue weighted by Gasteiger charge is -2.05. The summed E-state index contributed by atoms with van der Waals surface area (Å²) >= 11 is 0. The second-order valence-corrected chi connectivity index (χ2v) is 3.47. The van der Waals surface area contributed by atoms with Crippen LogP contribution in [0.4, 0.5) is 5.82 Å². The number of nitrogens with one attached hydrogen (secondary N) is 1. The first-order valence-corrected chi connectivity index (χ1v) is 4.47. The Labute approximate surface area is 78.6 Å². The fourth-order valence-electron chi connectivity index (χ4n) is 0.953. The summed E-state index contributed by atoms with van der Waals surface area (Å²) in [5.41, 5.74) is 6.34. The van der Waals surface area contributed by atoms with Crippen LogP contribution in [-0.2, 0) is 6.54 Å². The summed E-state index contributed by atoms with van der Waals surface area (Å²) in [6.07, 6.45) is 0. The Kier molecular flexibility index (Phi) is 3.64. The highest BCUT2D eigenvalue weighted by Gasteiger charge is 1.96. The van der Waals surface area contributed by atoms with Crippen molar-refractivity contribution in [2.45, 2.75) is 20.4 Å². The number of nitrogens with zero attached hydrogens (tertiary/aromatic N) is 2. The molecule has 72 valence electrons. The highest BCUT2D eigenvalue weighted by molar-refractivity contribution is 5.25. The van der Waals surface area contributed by atoms with Gasteiger partial charge in [-0.05, 0) is 24.6 Å². The summed E-state index contributed by atoms with van der Waals surface area (Å²) < 4.78 is 0. The van der Waals surface area contributed by atoms with E-state index >= 15 is 0 Å². The van der Waals surface area contributed by atoms with Crippen LogP contribution in [0, 0.1) is 5.92 Å². The molecule has 0 saturated heterocycles. The third-order valence-corrected chi connectivity index (χ3v) is 1.60. The summed E-state index contributed by atoms with van der Waals surface area (Å²) in [4.78, 5) is 0. The summed E-state index contributed by atoms with van der Waals surface area (Å²) in [5.74, 6) is 1.12. The number of hydrogen-bond acceptors (Lipinski definition) is 4. The first kappa shape index (κ1) is 9.92. The van der Waals surface area contributed by atoms with E-state index in [0.717, 1.165) is 18.8 Å². The Morgan fingerprint density at radius 1 is 1.38 bits per heavy atom. The minimum atomic E-state index is 0.465. The van der Waals surface area contributed by atoms with Gasteiger partial charge in [0, 0.05) is 6.54 Å². The van der Waals surface area contributed by atoms with Gasteiger partial charge in [0.15, 0.2) is 0 Å². The predicted octanol–water partition coefficient (Wildman–Crippen LogP) is 0.804. The molecule has 0 fully saturated rings. The fraction of sp³-hybridized carbons (Fsp3) is 0.556. The van der Waals surface area contributed by atoms with E-state index in [1.165, 1.54) is 0 Å². The molecule has 0 aliphatic carbocycles. The molecule has 1 aromatic heterocycles. The van der Waals surface area contributed by atoms with Crippen molar-refractivity contribution < 1.29 is 0 Å². The molecular formula is C9H16N4. The van der Waals surface area contributed by atoms with Gasteiger partial charge in [-0.15, -0.1) is 5.10 Å². The molecule has 13 heavy (non-hydrogen) atoms. The van der Waals surface area contributed by atoms with Crippen molar-refractivity contribution in [2.75, 3.05) is 12.3 Å². The number of nitrogens with two attached hydrogens (primary N) is 1. The first-order valence-electron chi connectivity index (χ1n) is 4.47. The summed E-state index contributed by atoms with van der Waals surface area (Å²) in [7, 11) is 0. The Balaban J connectivity index is 2.33. The van der Waals surface area contributed by atoms with Gasteiger partial charge in [-0.1, -0.05) is 13.8 Å². The topological polar surface area (TPSA) is 63.8 Å². The second kappa shape index (κ2) is 4.77. The zero-order valence-electron chi connectivity index (χ0n) is 8.12. The average Bonchev–Trinajstić information content (AvgIpc) is 2.08. The van der Waals surface area contributed by atoms with Crippen LogP contribution in [0.25, 0.3) is 0 Å². The Morgan fingerprint density at radius 3 is 2.69 bits per heavy atom. The molecular weight excluding hydrogens is 164 g/mol. The van der Waals surface area contributed by atoms with Crippen molar-refractivity contribution in [1.29, 1.82) is 0 Å². The van der Waals surface area contributed by atoms with Gasteiger partial charge in [-0.3, -0.25) is 0 Å². The van der Waals surface area contributed by atoms with Gasteiger partial charge in [0.05, 0.1) is 5.69 Å². The summed E-state index contributed by atoms with van der Waals surface area (Å²) in [6, 6.07) is 3.65. The van der Waals surface area contributed by atoms with E-state index in [-0.39, 0.29) is 0 Å². The van der Waals surface area contributed by atoms with E-state index in [4.69, 9.17) is 5.73 Å². The van der Waals surface area contributed by atoms with E-state index in [1.807, 2.05) is 6.07 Å². The zero-order chi connectivity index (χ0) is 9.68. The standard InChI is InChI=1S/C9H16N4/c1-7(2)5-11-6-8-3-4-9(10)13-12-8/h3-4,7,11H,5-6H2,1-2H3,(H2,10,13). The van der Waals surface area contributed by atoms with E-state index < -0.39 is 0 Å². The smallest absolute Gasteiger partial charge is 0.146 e. The summed E-state index contributed by atoms with van der Waals surface area (Å²) in [5, 5.41) is 11.0. The van der Waals surface area contributed by atoms with Crippen molar-refractivity contribution in [3.63, 3.8) is 0 Å². The van der Waals surface area contributed by atoms with Crippen molar-refractivity contribution in [3.05, 3.63) is 17.8 Å². The molecule has 3 N–H and O–H groups in total. The number of hydrogen-bond donors (Lipinski definition) is 2. The highest BCUT2D eigenvalue weighted by atomic mass is 15.1. The maximum Gasteiger partial charge on any atom is 0.146 e. The highest BCUT2D eigenvalue weighted by Crippen LogP contribution is 1.97. The van der Waals surface area contributed by atoms with Crippen molar-refractivity contribution >= 4 is 5.82 Å². The van der Waals surface area contributed by atoms with Gasteiger partial charge in [-0.25, -0.2) is 0 Å². The van der Waals surface area contributed by atoms with Crippen LogP contribution in [0.2, 0.25) is 0 Å². The van der Waals surface area contributed by atoms with Crippen LogP contribution in [0.3, 0.4) is 0 Å². The average molecular weight is 180 g/mol. The minimum Gasteiger partial charge on any atom is -0.382 e. The lowest BCUT2D eigenvalue weighted by atomic mass is 10.2. The predicted molar refractivity (Wildman–Crippen MR) is 53.0 cm³/mol. The molecule has 0 aliphatic heterocycles. The normalized spacial score (nSPS) is 10.7. The van der Waals surface area contributed by atoms with Crippen LogP contribution in [-0.4, -0.2) is 16.7 Å². The monoisotopic (exact) mass is 180 g/mol. The molecule has 1 heterocycles. The van der Waals surface area contributed by atoms with E-state index in [1.54, 1.807) is 6.07 Å². The lowest BCUT2D eigenvalue weighted by molar-refractivity contribution is 0.546. The molecule has 0 aliphatic rings. The molecule has 0 saturated carbocycles. The number of nitrogen functional groups attached to an aromatic ring is 1. The molecule has 0 unspecified atom stereocenters. The SMILES string of the molecule is CC(C)CNCc1ccc(N)nn1. The zero-order valence-corrected chi connectivity index (χ0v) is 8.12. The van der Waals surface area contributed by atoms with Crippen LogP contribution in [0.15, 0.2) is 12.1 Å². The molecule has 0 bridgehead atoms. The maximum atomic E-state index is 5.41. The quantitative estimate of drug-likeness (QED) is 0.719. The van der Waals surface area contributed by atoms with Gasteiger partial charge in [0.2, 0.25) is 0 Å². The molecule has 0 amide bonds. The molecule has 0 radical (unpaired) electrons. The van der Waals surface area contributed by atoms with Gasteiger partial charge in [-0.2, -0.15) is 5.10 Å². The minimum absolute atomic E-state index is 0.465. The van der Waals surface area contributed by atoms with E-state index in [9.17, 15) is 0 Å². The second-order valence-electron chi connectivity index (χ2n) is 3.47. The molecule has 1 aromatic rings. The van der Waals surface area contributed by atoms with Crippen LogP contribution in [0.5, 0.6) is 0 Å². The molecule has 0 spiro atoms. The van der Waals surface area contributed by atoms with Crippen LogP contribution >= 0.6 is 0 Å². The van der Waals surface area contributed by atoms with Crippen molar-refractivity contribution in [2.24, 2.45) is 5.92 Å². The van der Waals surface area contributed by atoms with Gasteiger partial charge in [0.25, 0.3) is 0 Å². The van der Waals surface area contributed by atoms with E-state index in [2.05, 4.69) is 29.4 Å². The van der Waals surface area contributed by atoms with E-state index in [0.29, 0.717) is 11.7 Å². The number of aromatic nitrogens is 2. The fourth-order valence-corrected chi connectivity index (χ4v) is 0.953. The third kappa shape index (κ3) is 3.85. The van der Waals surface area contributed by atoms with Crippen molar-refractivity contribution in [3.8, 4) is 0 Å². The van der Waals surface area contributed by atoms with Gasteiger partial charge < -0.3 is 11.1 Å². The molecule has 1 rings (SSSR count). The van der Waals surface area contributed by atoms with Gasteiger partial charge >= 0.3 is 0 Å². The number of rotatable bonds is 4. The first-order chi connectivity index (χ1) is 6.18. The summed E-state index contributed by atoms with van der Waals surface area (Å²) in [6.45, 7) is 6.08. The maximum absolute atomic E-state index is 5.41. The Bertz CT molecular complexity index is 242. The Hall–Kier alpha value is -1.16. The van der Waals surface area contributed by atoms with Crippen LogP contribution in [0.1, 0.15) is 19.5 Å². The molecule has 4 nitrogen and oxygen atoms in total. The number of anilines is 1.